The van der Waals surface area contributed by atoms with E-state index < -0.39 is 24.7 Å². The normalized spacial score (nSPS) is 18.3. The summed E-state index contributed by atoms with van der Waals surface area (Å²) < 4.78 is 37.0. The molecule has 0 radical (unpaired) electrons. The number of benzene rings is 1. The fourth-order valence-corrected chi connectivity index (χ4v) is 2.37. The third-order valence-corrected chi connectivity index (χ3v) is 3.70. The summed E-state index contributed by atoms with van der Waals surface area (Å²) in [5.41, 5.74) is 6.47. The van der Waals surface area contributed by atoms with Crippen LogP contribution >= 0.6 is 0 Å². The predicted molar refractivity (Wildman–Crippen MR) is 75.7 cm³/mol. The lowest BCUT2D eigenvalue weighted by atomic mass is 10.1. The number of amides is 1. The molecule has 0 aliphatic carbocycles. The zero-order valence-corrected chi connectivity index (χ0v) is 11.9. The molecule has 1 amide bonds. The van der Waals surface area contributed by atoms with Crippen molar-refractivity contribution in [3.63, 3.8) is 0 Å². The fourth-order valence-electron chi connectivity index (χ4n) is 2.37. The molecule has 1 aromatic rings. The molecule has 2 rings (SSSR count). The zero-order valence-electron chi connectivity index (χ0n) is 11.9. The molecular formula is C14H18F3N3O2. The molecule has 1 heterocycles. The van der Waals surface area contributed by atoms with Crippen molar-refractivity contribution in [2.45, 2.75) is 12.3 Å². The number of piperazine rings is 1. The van der Waals surface area contributed by atoms with E-state index in [9.17, 15) is 18.0 Å². The molecule has 1 atom stereocenters. The highest BCUT2D eigenvalue weighted by molar-refractivity contribution is 5.93. The zero-order chi connectivity index (χ0) is 16.3. The molecule has 1 aromatic carbocycles. The number of nitrogens with zero attached hydrogens (tertiary/aromatic N) is 2. The number of carbonyl (C=O) groups excluding carboxylic acids is 1. The van der Waals surface area contributed by atoms with Gasteiger partial charge in [0.15, 0.2) is 6.10 Å². The van der Waals surface area contributed by atoms with Gasteiger partial charge in [-0.1, -0.05) is 0 Å². The summed E-state index contributed by atoms with van der Waals surface area (Å²) in [5, 5.41) is 9.08. The molecule has 1 fully saturated rings. The molecule has 0 spiro atoms. The summed E-state index contributed by atoms with van der Waals surface area (Å²) >= 11 is 0. The maximum absolute atomic E-state index is 12.3. The van der Waals surface area contributed by atoms with E-state index in [-0.39, 0.29) is 0 Å². The highest BCUT2D eigenvalue weighted by atomic mass is 19.4. The van der Waals surface area contributed by atoms with E-state index >= 15 is 0 Å². The Morgan fingerprint density at radius 1 is 1.18 bits per heavy atom. The molecule has 22 heavy (non-hydrogen) atoms. The SMILES string of the molecule is NC(=O)c1ccc(N2CCN(C[C@@H](O)C(F)(F)F)CC2)cc1. The number of aliphatic hydroxyl groups is 1. The topological polar surface area (TPSA) is 69.8 Å². The lowest BCUT2D eigenvalue weighted by Crippen LogP contribution is -2.50. The van der Waals surface area contributed by atoms with Crippen LogP contribution < -0.4 is 10.6 Å². The van der Waals surface area contributed by atoms with Crippen molar-refractivity contribution in [3.8, 4) is 0 Å². The summed E-state index contributed by atoms with van der Waals surface area (Å²) in [6.07, 6.45) is -6.89. The molecule has 0 bridgehead atoms. The van der Waals surface area contributed by atoms with Crippen LogP contribution in [0.5, 0.6) is 0 Å². The number of carbonyl (C=O) groups is 1. The van der Waals surface area contributed by atoms with E-state index in [1.165, 1.54) is 0 Å². The lowest BCUT2D eigenvalue weighted by molar-refractivity contribution is -0.208. The number of nitrogens with two attached hydrogens (primary N) is 1. The molecule has 0 aromatic heterocycles. The van der Waals surface area contributed by atoms with Gasteiger partial charge in [-0.15, -0.1) is 0 Å². The number of hydrogen-bond acceptors (Lipinski definition) is 4. The number of anilines is 1. The van der Waals surface area contributed by atoms with Gasteiger partial charge in [0, 0.05) is 44.0 Å². The maximum atomic E-state index is 12.3. The number of aliphatic hydroxyl groups excluding tert-OH is 1. The Kier molecular flexibility index (Phi) is 4.92. The molecular weight excluding hydrogens is 299 g/mol. The standard InChI is InChI=1S/C14H18F3N3O2/c15-14(16,17)12(21)9-19-5-7-20(8-6-19)11-3-1-10(2-4-11)13(18)22/h1-4,12,21H,5-9H2,(H2,18,22)/t12-/m1/s1. The minimum atomic E-state index is -4.58. The van der Waals surface area contributed by atoms with E-state index in [1.807, 2.05) is 4.90 Å². The second kappa shape index (κ2) is 6.53. The van der Waals surface area contributed by atoms with E-state index in [4.69, 9.17) is 10.8 Å². The van der Waals surface area contributed by atoms with Crippen LogP contribution in [0.25, 0.3) is 0 Å². The molecule has 5 nitrogen and oxygen atoms in total. The number of primary amides is 1. The third-order valence-electron chi connectivity index (χ3n) is 3.70. The number of halogens is 3. The van der Waals surface area contributed by atoms with Gasteiger partial charge in [-0.2, -0.15) is 13.2 Å². The molecule has 122 valence electrons. The van der Waals surface area contributed by atoms with Crippen molar-refractivity contribution < 1.29 is 23.1 Å². The average Bonchev–Trinajstić information content (AvgIpc) is 2.47. The van der Waals surface area contributed by atoms with Gasteiger partial charge in [0.2, 0.25) is 5.91 Å². The van der Waals surface area contributed by atoms with E-state index in [1.54, 1.807) is 29.2 Å². The minimum Gasteiger partial charge on any atom is -0.382 e. The third kappa shape index (κ3) is 4.11. The summed E-state index contributed by atoms with van der Waals surface area (Å²) in [5.74, 6) is -0.502. The first kappa shape index (κ1) is 16.6. The lowest BCUT2D eigenvalue weighted by Gasteiger charge is -2.37. The smallest absolute Gasteiger partial charge is 0.382 e. The van der Waals surface area contributed by atoms with Gasteiger partial charge >= 0.3 is 6.18 Å². The summed E-state index contributed by atoms with van der Waals surface area (Å²) in [7, 11) is 0. The van der Waals surface area contributed by atoms with Crippen LogP contribution in [0.3, 0.4) is 0 Å². The molecule has 8 heteroatoms. The van der Waals surface area contributed by atoms with Crippen LogP contribution in [0.15, 0.2) is 24.3 Å². The Morgan fingerprint density at radius 3 is 2.18 bits per heavy atom. The van der Waals surface area contributed by atoms with Crippen molar-refractivity contribution in [1.82, 2.24) is 4.90 Å². The summed E-state index contributed by atoms with van der Waals surface area (Å²) in [6, 6.07) is 6.77. The fraction of sp³-hybridized carbons (Fsp3) is 0.500. The van der Waals surface area contributed by atoms with Crippen molar-refractivity contribution in [2.24, 2.45) is 5.73 Å². The van der Waals surface area contributed by atoms with Gasteiger partial charge in [0.25, 0.3) is 0 Å². The Morgan fingerprint density at radius 2 is 1.73 bits per heavy atom. The molecule has 0 saturated carbocycles. The van der Waals surface area contributed by atoms with E-state index in [0.29, 0.717) is 31.7 Å². The molecule has 3 N–H and O–H groups in total. The first-order chi connectivity index (χ1) is 10.3. The van der Waals surface area contributed by atoms with Gasteiger partial charge < -0.3 is 15.7 Å². The Balaban J connectivity index is 1.88. The van der Waals surface area contributed by atoms with Crippen LogP contribution in [0.2, 0.25) is 0 Å². The largest absolute Gasteiger partial charge is 0.415 e. The molecule has 1 aliphatic heterocycles. The van der Waals surface area contributed by atoms with Gasteiger partial charge in [0.1, 0.15) is 0 Å². The van der Waals surface area contributed by atoms with Crippen LogP contribution in [0, 0.1) is 0 Å². The van der Waals surface area contributed by atoms with Crippen LogP contribution in [-0.4, -0.2) is 60.9 Å². The molecule has 1 aliphatic rings. The minimum absolute atomic E-state index is 0.405. The van der Waals surface area contributed by atoms with Gasteiger partial charge in [-0.3, -0.25) is 9.69 Å². The van der Waals surface area contributed by atoms with Crippen LogP contribution in [0.4, 0.5) is 18.9 Å². The maximum Gasteiger partial charge on any atom is 0.415 e. The van der Waals surface area contributed by atoms with E-state index in [2.05, 4.69) is 0 Å². The van der Waals surface area contributed by atoms with E-state index in [0.717, 1.165) is 5.69 Å². The van der Waals surface area contributed by atoms with Gasteiger partial charge in [0.05, 0.1) is 0 Å². The Labute approximate surface area is 126 Å². The van der Waals surface area contributed by atoms with Crippen LogP contribution in [0.1, 0.15) is 10.4 Å². The summed E-state index contributed by atoms with van der Waals surface area (Å²) in [4.78, 5) is 14.6. The Hall–Kier alpha value is -1.80. The van der Waals surface area contributed by atoms with Crippen molar-refractivity contribution in [1.29, 1.82) is 0 Å². The Bertz CT molecular complexity index is 511. The van der Waals surface area contributed by atoms with Crippen molar-refractivity contribution in [2.75, 3.05) is 37.6 Å². The van der Waals surface area contributed by atoms with Crippen molar-refractivity contribution >= 4 is 11.6 Å². The first-order valence-electron chi connectivity index (χ1n) is 6.89. The van der Waals surface area contributed by atoms with Crippen LogP contribution in [-0.2, 0) is 0 Å². The quantitative estimate of drug-likeness (QED) is 0.863. The molecule has 1 saturated heterocycles. The second-order valence-corrected chi connectivity index (χ2v) is 5.26. The number of β-amino-alcohol motifs (C(OH)–C–C–N with tert-alkyl or cyclic N) is 1. The van der Waals surface area contributed by atoms with Gasteiger partial charge in [-0.05, 0) is 24.3 Å². The molecule has 0 unspecified atom stereocenters. The first-order valence-corrected chi connectivity index (χ1v) is 6.89. The highest BCUT2D eigenvalue weighted by Crippen LogP contribution is 2.22. The monoisotopic (exact) mass is 317 g/mol. The van der Waals surface area contributed by atoms with Gasteiger partial charge in [-0.25, -0.2) is 0 Å². The number of hydrogen-bond donors (Lipinski definition) is 2. The second-order valence-electron chi connectivity index (χ2n) is 5.26. The average molecular weight is 317 g/mol. The number of rotatable bonds is 4. The predicted octanol–water partition coefficient (Wildman–Crippen LogP) is 0.831. The van der Waals surface area contributed by atoms with Crippen molar-refractivity contribution in [3.05, 3.63) is 29.8 Å². The number of alkyl halides is 3. The summed E-state index contributed by atoms with van der Waals surface area (Å²) in [6.45, 7) is 1.58. The highest BCUT2D eigenvalue weighted by Gasteiger charge is 2.39.